The Balaban J connectivity index is 1.03. The lowest BCUT2D eigenvalue weighted by atomic mass is 9.99. The first-order valence-corrected chi connectivity index (χ1v) is 22.4. The summed E-state index contributed by atoms with van der Waals surface area (Å²) in [5.41, 5.74) is 4.63. The molecule has 1 fully saturated rings. The van der Waals surface area contributed by atoms with E-state index < -0.39 is 26.7 Å². The quantitative estimate of drug-likeness (QED) is 0.0486. The molecule has 60 heavy (non-hydrogen) atoms. The Kier molecular flexibility index (Phi) is 13.5. The maximum Gasteiger partial charge on any atom is 0.293 e. The SMILES string of the molecule is CC(C)NC(=O)CC(CSc1ccccc1)Nc1ccc(S(=O)(=O)Nc2ncnc3cc(N4CCN(Cc5cc(Cl)ccc5-c5ccccc5)CC4)ccc23)cc1[N+](=O)[O-]. The van der Waals surface area contributed by atoms with Crippen molar-refractivity contribution in [2.24, 2.45) is 0 Å². The molecule has 1 saturated heterocycles. The fourth-order valence-corrected chi connectivity index (χ4v) is 9.34. The van der Waals surface area contributed by atoms with Crippen LogP contribution in [-0.2, 0) is 21.4 Å². The number of nitro benzene ring substituents is 1. The number of benzene rings is 5. The summed E-state index contributed by atoms with van der Waals surface area (Å²) in [5, 5.41) is 19.5. The normalized spacial score (nSPS) is 13.9. The summed E-state index contributed by atoms with van der Waals surface area (Å²) in [5.74, 6) is 0.260. The zero-order valence-electron chi connectivity index (χ0n) is 33.1. The number of sulfonamides is 1. The maximum absolute atomic E-state index is 13.8. The predicted molar refractivity (Wildman–Crippen MR) is 240 cm³/mol. The van der Waals surface area contributed by atoms with Crippen molar-refractivity contribution in [2.45, 2.75) is 48.7 Å². The van der Waals surface area contributed by atoms with Crippen molar-refractivity contribution in [1.29, 1.82) is 0 Å². The summed E-state index contributed by atoms with van der Waals surface area (Å²) >= 11 is 7.93. The highest BCUT2D eigenvalue weighted by Crippen LogP contribution is 2.33. The van der Waals surface area contributed by atoms with Gasteiger partial charge in [-0.05, 0) is 85.1 Å². The molecule has 0 bridgehead atoms. The molecule has 1 atom stereocenters. The first-order chi connectivity index (χ1) is 28.9. The minimum absolute atomic E-state index is 0.0473. The molecule has 7 rings (SSSR count). The third-order valence-corrected chi connectivity index (χ3v) is 12.8. The van der Waals surface area contributed by atoms with Gasteiger partial charge in [-0.3, -0.25) is 24.5 Å². The van der Waals surface area contributed by atoms with E-state index in [9.17, 15) is 23.3 Å². The second-order valence-corrected chi connectivity index (χ2v) is 18.0. The third kappa shape index (κ3) is 10.7. The number of nitrogens with one attached hydrogen (secondary N) is 3. The summed E-state index contributed by atoms with van der Waals surface area (Å²) in [4.78, 5) is 38.5. The number of aromatic nitrogens is 2. The molecular formula is C44H45ClN8O5S2. The molecule has 1 amide bonds. The summed E-state index contributed by atoms with van der Waals surface area (Å²) in [6.07, 6.45) is 1.34. The highest BCUT2D eigenvalue weighted by molar-refractivity contribution is 7.99. The van der Waals surface area contributed by atoms with Crippen molar-refractivity contribution in [1.82, 2.24) is 20.2 Å². The van der Waals surface area contributed by atoms with E-state index in [-0.39, 0.29) is 34.8 Å². The number of carbonyl (C=O) groups excluding carboxylic acids is 1. The number of hydrogen-bond donors (Lipinski definition) is 3. The van der Waals surface area contributed by atoms with Crippen LogP contribution in [0.1, 0.15) is 25.8 Å². The van der Waals surface area contributed by atoms with Crippen LogP contribution in [0.4, 0.5) is 22.9 Å². The topological polar surface area (TPSA) is 163 Å². The number of hydrogen-bond acceptors (Lipinski definition) is 11. The van der Waals surface area contributed by atoms with E-state index in [0.717, 1.165) is 60.5 Å². The van der Waals surface area contributed by atoms with Crippen LogP contribution in [0.3, 0.4) is 0 Å². The average Bonchev–Trinajstić information content (AvgIpc) is 3.23. The summed E-state index contributed by atoms with van der Waals surface area (Å²) in [6.45, 7) is 7.68. The van der Waals surface area contributed by atoms with E-state index in [0.29, 0.717) is 21.7 Å². The molecule has 5 aromatic carbocycles. The van der Waals surface area contributed by atoms with Crippen molar-refractivity contribution in [3.05, 3.63) is 142 Å². The summed E-state index contributed by atoms with van der Waals surface area (Å²) in [7, 11) is -4.34. The number of carbonyl (C=O) groups is 1. The third-order valence-electron chi connectivity index (χ3n) is 10.0. The fourth-order valence-electron chi connectivity index (χ4n) is 7.15. The number of rotatable bonds is 16. The number of halogens is 1. The van der Waals surface area contributed by atoms with Crippen LogP contribution >= 0.6 is 23.4 Å². The number of nitro groups is 1. The molecule has 6 aromatic rings. The first-order valence-electron chi connectivity index (χ1n) is 19.5. The van der Waals surface area contributed by atoms with E-state index in [4.69, 9.17) is 11.6 Å². The molecule has 0 radical (unpaired) electrons. The van der Waals surface area contributed by atoms with Crippen LogP contribution in [0.15, 0.2) is 131 Å². The monoisotopic (exact) mass is 864 g/mol. The Bertz CT molecular complexity index is 2580. The van der Waals surface area contributed by atoms with Crippen molar-refractivity contribution in [2.75, 3.05) is 46.9 Å². The van der Waals surface area contributed by atoms with Gasteiger partial charge in [-0.15, -0.1) is 11.8 Å². The van der Waals surface area contributed by atoms with Crippen LogP contribution in [0.5, 0.6) is 0 Å². The van der Waals surface area contributed by atoms with Crippen molar-refractivity contribution in [3.8, 4) is 11.1 Å². The second-order valence-electron chi connectivity index (χ2n) is 14.8. The molecule has 3 N–H and O–H groups in total. The van der Waals surface area contributed by atoms with Gasteiger partial charge in [0.2, 0.25) is 5.91 Å². The van der Waals surface area contributed by atoms with E-state index in [1.54, 1.807) is 6.07 Å². The van der Waals surface area contributed by atoms with Gasteiger partial charge in [-0.1, -0.05) is 66.2 Å². The van der Waals surface area contributed by atoms with E-state index >= 15 is 0 Å². The minimum Gasteiger partial charge on any atom is -0.375 e. The van der Waals surface area contributed by atoms with E-state index in [1.165, 1.54) is 35.8 Å². The van der Waals surface area contributed by atoms with Crippen LogP contribution in [0.2, 0.25) is 5.02 Å². The molecule has 1 aliphatic heterocycles. The number of fused-ring (bicyclic) bond motifs is 1. The molecule has 13 nitrogen and oxygen atoms in total. The second kappa shape index (κ2) is 19.1. The van der Waals surface area contributed by atoms with E-state index in [1.807, 2.05) is 86.6 Å². The van der Waals surface area contributed by atoms with Crippen molar-refractivity contribution in [3.63, 3.8) is 0 Å². The zero-order chi connectivity index (χ0) is 42.2. The highest BCUT2D eigenvalue weighted by atomic mass is 35.5. The molecule has 0 spiro atoms. The van der Waals surface area contributed by atoms with Crippen molar-refractivity contribution >= 4 is 73.1 Å². The number of amides is 1. The number of nitrogens with zero attached hydrogens (tertiary/aromatic N) is 5. The maximum atomic E-state index is 13.8. The highest BCUT2D eigenvalue weighted by Gasteiger charge is 2.26. The van der Waals surface area contributed by atoms with Gasteiger partial charge in [0.05, 0.1) is 15.3 Å². The Labute approximate surface area is 358 Å². The zero-order valence-corrected chi connectivity index (χ0v) is 35.5. The Morgan fingerprint density at radius 3 is 2.35 bits per heavy atom. The molecule has 0 saturated carbocycles. The number of thioether (sulfide) groups is 1. The fraction of sp³-hybridized carbons (Fsp3) is 0.250. The largest absolute Gasteiger partial charge is 0.375 e. The van der Waals surface area contributed by atoms with Gasteiger partial charge in [-0.2, -0.15) is 0 Å². The molecule has 310 valence electrons. The lowest BCUT2D eigenvalue weighted by Crippen LogP contribution is -2.46. The molecule has 1 aliphatic rings. The van der Waals surface area contributed by atoms with E-state index in [2.05, 4.69) is 53.3 Å². The van der Waals surface area contributed by atoms with Gasteiger partial charge in [0.25, 0.3) is 15.7 Å². The van der Waals surface area contributed by atoms with Gasteiger partial charge >= 0.3 is 0 Å². The lowest BCUT2D eigenvalue weighted by Gasteiger charge is -2.36. The molecule has 16 heteroatoms. The standard InChI is InChI=1S/C44H45ClN8O5S2/c1-30(2)48-43(54)24-34(28-59-36-11-7-4-8-12-36)49-40-18-15-37(26-42(40)53(55)56)60(57,58)50-44-39-17-14-35(25-41(39)46-29-47-44)52-21-19-51(20-22-52)27-32-23-33(45)13-16-38(32)31-9-5-3-6-10-31/h3-18,23,25-26,29-30,34,49H,19-22,24,27-28H2,1-2H3,(H,48,54)(H,46,47,50). The minimum atomic E-state index is -4.34. The first kappa shape index (κ1) is 42.4. The smallest absolute Gasteiger partial charge is 0.293 e. The van der Waals surface area contributed by atoms with Gasteiger partial charge in [0, 0.05) is 84.0 Å². The number of piperazine rings is 1. The van der Waals surface area contributed by atoms with Crippen LogP contribution in [-0.4, -0.2) is 78.1 Å². The summed E-state index contributed by atoms with van der Waals surface area (Å²) in [6, 6.07) is 34.6. The van der Waals surface area contributed by atoms with Crippen molar-refractivity contribution < 1.29 is 18.1 Å². The predicted octanol–water partition coefficient (Wildman–Crippen LogP) is 8.47. The molecule has 0 aliphatic carbocycles. The van der Waals surface area contributed by atoms with Crippen LogP contribution in [0.25, 0.3) is 22.0 Å². The molecular weight excluding hydrogens is 820 g/mol. The van der Waals surface area contributed by atoms with Gasteiger partial charge in [0.15, 0.2) is 5.82 Å². The number of anilines is 3. The Morgan fingerprint density at radius 2 is 1.63 bits per heavy atom. The summed E-state index contributed by atoms with van der Waals surface area (Å²) < 4.78 is 30.1. The molecule has 1 unspecified atom stereocenters. The Morgan fingerprint density at radius 1 is 0.900 bits per heavy atom. The van der Waals surface area contributed by atoms with Crippen LogP contribution < -0.4 is 20.3 Å². The Hall–Kier alpha value is -5.74. The van der Waals surface area contributed by atoms with Gasteiger partial charge < -0.3 is 15.5 Å². The van der Waals surface area contributed by atoms with Crippen LogP contribution in [0, 0.1) is 10.1 Å². The van der Waals surface area contributed by atoms with Gasteiger partial charge in [0.1, 0.15) is 12.0 Å². The lowest BCUT2D eigenvalue weighted by molar-refractivity contribution is -0.384. The molecule has 2 heterocycles. The molecule has 1 aromatic heterocycles. The average molecular weight is 865 g/mol. The van der Waals surface area contributed by atoms with Gasteiger partial charge in [-0.25, -0.2) is 18.4 Å².